The average molecular weight is 387 g/mol. The van der Waals surface area contributed by atoms with Gasteiger partial charge in [-0.3, -0.25) is 9.40 Å². The van der Waals surface area contributed by atoms with Crippen LogP contribution in [-0.2, 0) is 22.0 Å². The predicted molar refractivity (Wildman–Crippen MR) is 104 cm³/mol. The molecule has 0 radical (unpaired) electrons. The van der Waals surface area contributed by atoms with Gasteiger partial charge in [0.15, 0.2) is 5.82 Å². The van der Waals surface area contributed by atoms with E-state index in [1.54, 1.807) is 41.2 Å². The van der Waals surface area contributed by atoms with Crippen molar-refractivity contribution in [1.29, 1.82) is 0 Å². The van der Waals surface area contributed by atoms with Crippen molar-refractivity contribution in [2.75, 3.05) is 4.72 Å². The monoisotopic (exact) mass is 387 g/mol. The van der Waals surface area contributed by atoms with Gasteiger partial charge in [0.2, 0.25) is 0 Å². The smallest absolute Gasteiger partial charge is 0.263 e. The summed E-state index contributed by atoms with van der Waals surface area (Å²) in [5, 5.41) is 4.23. The number of halogens is 1. The van der Waals surface area contributed by atoms with Crippen molar-refractivity contribution in [2.45, 2.75) is 37.6 Å². The molecule has 27 heavy (non-hydrogen) atoms. The first-order valence-corrected chi connectivity index (χ1v) is 10.0. The number of nitrogens with zero attached hydrogens (tertiary/aromatic N) is 2. The van der Waals surface area contributed by atoms with E-state index in [0.717, 1.165) is 11.1 Å². The Labute approximate surface area is 158 Å². The summed E-state index contributed by atoms with van der Waals surface area (Å²) in [6.45, 7) is 6.63. The van der Waals surface area contributed by atoms with Crippen molar-refractivity contribution < 1.29 is 12.8 Å². The zero-order valence-corrected chi connectivity index (χ0v) is 16.3. The molecule has 0 fully saturated rings. The van der Waals surface area contributed by atoms with Gasteiger partial charge < -0.3 is 0 Å². The Morgan fingerprint density at radius 2 is 1.63 bits per heavy atom. The van der Waals surface area contributed by atoms with Gasteiger partial charge in [-0.05, 0) is 40.8 Å². The fourth-order valence-electron chi connectivity index (χ4n) is 2.61. The van der Waals surface area contributed by atoms with Crippen LogP contribution in [0.3, 0.4) is 0 Å². The molecule has 1 heterocycles. The summed E-state index contributed by atoms with van der Waals surface area (Å²) in [6, 6.07) is 14.5. The molecule has 0 spiro atoms. The summed E-state index contributed by atoms with van der Waals surface area (Å²) in [5.74, 6) is -0.0675. The molecule has 0 bridgehead atoms. The zero-order chi connectivity index (χ0) is 19.7. The van der Waals surface area contributed by atoms with E-state index >= 15 is 0 Å². The van der Waals surface area contributed by atoms with E-state index in [1.165, 1.54) is 12.1 Å². The van der Waals surface area contributed by atoms with Crippen LogP contribution in [0.25, 0.3) is 0 Å². The maximum atomic E-state index is 13.0. The van der Waals surface area contributed by atoms with Crippen molar-refractivity contribution in [3.63, 3.8) is 0 Å². The first kappa shape index (κ1) is 19.1. The molecule has 0 aliphatic heterocycles. The van der Waals surface area contributed by atoms with Crippen molar-refractivity contribution in [3.8, 4) is 0 Å². The Morgan fingerprint density at radius 1 is 1.00 bits per heavy atom. The van der Waals surface area contributed by atoms with Crippen molar-refractivity contribution in [1.82, 2.24) is 9.78 Å². The summed E-state index contributed by atoms with van der Waals surface area (Å²) in [5.41, 5.74) is 1.88. The van der Waals surface area contributed by atoms with Gasteiger partial charge in [0.05, 0.1) is 11.4 Å². The Bertz CT molecular complexity index is 1020. The van der Waals surface area contributed by atoms with E-state index < -0.39 is 10.0 Å². The highest BCUT2D eigenvalue weighted by molar-refractivity contribution is 7.92. The first-order chi connectivity index (χ1) is 12.6. The highest BCUT2D eigenvalue weighted by Crippen LogP contribution is 2.24. The highest BCUT2D eigenvalue weighted by Gasteiger charge is 2.18. The third-order valence-electron chi connectivity index (χ3n) is 4.17. The number of benzene rings is 2. The lowest BCUT2D eigenvalue weighted by Crippen LogP contribution is -2.15. The summed E-state index contributed by atoms with van der Waals surface area (Å²) in [7, 11) is -3.72. The van der Waals surface area contributed by atoms with Crippen LogP contribution >= 0.6 is 0 Å². The fourth-order valence-corrected chi connectivity index (χ4v) is 3.61. The summed E-state index contributed by atoms with van der Waals surface area (Å²) in [4.78, 5) is 0.184. The number of hydrogen-bond acceptors (Lipinski definition) is 3. The molecule has 2 aromatic carbocycles. The lowest BCUT2D eigenvalue weighted by atomic mass is 9.87. The zero-order valence-electron chi connectivity index (χ0n) is 15.5. The van der Waals surface area contributed by atoms with Crippen molar-refractivity contribution in [2.24, 2.45) is 0 Å². The average Bonchev–Trinajstić information content (AvgIpc) is 3.02. The number of sulfonamides is 1. The van der Waals surface area contributed by atoms with Crippen LogP contribution in [0.1, 0.15) is 31.9 Å². The second kappa shape index (κ2) is 7.15. The molecule has 0 atom stereocenters. The molecule has 3 rings (SSSR count). The van der Waals surface area contributed by atoms with Gasteiger partial charge in [-0.2, -0.15) is 5.10 Å². The summed E-state index contributed by atoms with van der Waals surface area (Å²) >= 11 is 0. The van der Waals surface area contributed by atoms with Crippen LogP contribution in [0.5, 0.6) is 0 Å². The Hall–Kier alpha value is -2.67. The first-order valence-electron chi connectivity index (χ1n) is 8.55. The quantitative estimate of drug-likeness (QED) is 0.715. The van der Waals surface area contributed by atoms with E-state index in [4.69, 9.17) is 0 Å². The number of hydrogen-bond donors (Lipinski definition) is 1. The van der Waals surface area contributed by atoms with E-state index in [-0.39, 0.29) is 21.9 Å². The van der Waals surface area contributed by atoms with Crippen molar-refractivity contribution >= 4 is 15.8 Å². The third-order valence-corrected chi connectivity index (χ3v) is 5.54. The van der Waals surface area contributed by atoms with E-state index in [9.17, 15) is 12.8 Å². The van der Waals surface area contributed by atoms with Crippen LogP contribution in [0.2, 0.25) is 0 Å². The molecular weight excluding hydrogens is 365 g/mol. The highest BCUT2D eigenvalue weighted by atomic mass is 32.2. The molecule has 142 valence electrons. The molecule has 1 N–H and O–H groups in total. The van der Waals surface area contributed by atoms with Gasteiger partial charge in [-0.1, -0.05) is 45.0 Å². The minimum atomic E-state index is -3.72. The predicted octanol–water partition coefficient (Wildman–Crippen LogP) is 4.17. The standard InChI is InChI=1S/C20H22FN3O2S/c1-20(2,3)16-6-10-18(11-7-16)27(25,26)23-19-12-13-24(22-19)14-15-4-8-17(21)9-5-15/h4-13H,14H2,1-3H3,(H,22,23). The second-order valence-electron chi connectivity index (χ2n) is 7.40. The number of anilines is 1. The molecular formula is C20H22FN3O2S. The van der Waals surface area contributed by atoms with Crippen LogP contribution in [0.15, 0.2) is 65.7 Å². The molecule has 0 saturated heterocycles. The van der Waals surface area contributed by atoms with Gasteiger partial charge in [0.1, 0.15) is 5.82 Å². The molecule has 0 aliphatic rings. The Kier molecular flexibility index (Phi) is 5.06. The lowest BCUT2D eigenvalue weighted by molar-refractivity contribution is 0.587. The van der Waals surface area contributed by atoms with Gasteiger partial charge in [0.25, 0.3) is 10.0 Å². The molecule has 7 heteroatoms. The van der Waals surface area contributed by atoms with Crippen molar-refractivity contribution in [3.05, 3.63) is 77.7 Å². The van der Waals surface area contributed by atoms with E-state index in [2.05, 4.69) is 30.6 Å². The molecule has 0 amide bonds. The second-order valence-corrected chi connectivity index (χ2v) is 9.09. The van der Waals surface area contributed by atoms with Gasteiger partial charge in [-0.25, -0.2) is 12.8 Å². The van der Waals surface area contributed by atoms with Gasteiger partial charge in [0, 0.05) is 12.3 Å². The van der Waals surface area contributed by atoms with E-state index in [0.29, 0.717) is 6.54 Å². The number of aromatic nitrogens is 2. The van der Waals surface area contributed by atoms with Crippen LogP contribution in [-0.4, -0.2) is 18.2 Å². The largest absolute Gasteiger partial charge is 0.266 e. The van der Waals surface area contributed by atoms with Crippen LogP contribution < -0.4 is 4.72 Å². The topological polar surface area (TPSA) is 64.0 Å². The molecule has 5 nitrogen and oxygen atoms in total. The molecule has 0 unspecified atom stereocenters. The van der Waals surface area contributed by atoms with E-state index in [1.807, 2.05) is 12.1 Å². The van der Waals surface area contributed by atoms with Gasteiger partial charge >= 0.3 is 0 Å². The molecule has 0 saturated carbocycles. The Balaban J connectivity index is 1.72. The maximum absolute atomic E-state index is 13.0. The Morgan fingerprint density at radius 3 is 2.22 bits per heavy atom. The normalized spacial score (nSPS) is 12.1. The molecule has 3 aromatic rings. The van der Waals surface area contributed by atoms with Crippen LogP contribution in [0.4, 0.5) is 10.2 Å². The SMILES string of the molecule is CC(C)(C)c1ccc(S(=O)(=O)Nc2ccn(Cc3ccc(F)cc3)n2)cc1. The number of rotatable bonds is 5. The number of nitrogens with one attached hydrogen (secondary N) is 1. The lowest BCUT2D eigenvalue weighted by Gasteiger charge is -2.19. The minimum absolute atomic E-state index is 0.0468. The minimum Gasteiger partial charge on any atom is -0.266 e. The third kappa shape index (κ3) is 4.74. The van der Waals surface area contributed by atoms with Crippen LogP contribution in [0, 0.1) is 5.82 Å². The summed E-state index contributed by atoms with van der Waals surface area (Å²) in [6.07, 6.45) is 1.67. The summed E-state index contributed by atoms with van der Waals surface area (Å²) < 4.78 is 42.2. The molecule has 0 aliphatic carbocycles. The maximum Gasteiger partial charge on any atom is 0.263 e. The molecule has 1 aromatic heterocycles. The van der Waals surface area contributed by atoms with Gasteiger partial charge in [-0.15, -0.1) is 0 Å². The fraction of sp³-hybridized carbons (Fsp3) is 0.250.